The maximum atomic E-state index is 14.7. The van der Waals surface area contributed by atoms with E-state index in [1.807, 2.05) is 30.3 Å². The number of ether oxygens (including phenoxy) is 1. The van der Waals surface area contributed by atoms with E-state index < -0.39 is 23.6 Å². The fourth-order valence-electron chi connectivity index (χ4n) is 6.14. The zero-order valence-corrected chi connectivity index (χ0v) is 19.1. The van der Waals surface area contributed by atoms with Gasteiger partial charge in [-0.2, -0.15) is 0 Å². The summed E-state index contributed by atoms with van der Waals surface area (Å²) in [6.45, 7) is 5.56. The topological polar surface area (TPSA) is 42.4 Å². The first-order valence-corrected chi connectivity index (χ1v) is 11.6. The van der Waals surface area contributed by atoms with Gasteiger partial charge in [-0.25, -0.2) is 13.2 Å². The first-order chi connectivity index (χ1) is 16.3. The van der Waals surface area contributed by atoms with E-state index in [1.165, 1.54) is 0 Å². The summed E-state index contributed by atoms with van der Waals surface area (Å²) < 4.78 is 48.1. The second-order valence-corrected chi connectivity index (χ2v) is 9.62. The van der Waals surface area contributed by atoms with Crippen molar-refractivity contribution in [2.75, 3.05) is 20.2 Å². The van der Waals surface area contributed by atoms with Crippen molar-refractivity contribution in [2.24, 2.45) is 11.8 Å². The second kappa shape index (κ2) is 8.71. The minimum Gasteiger partial charge on any atom is -0.497 e. The van der Waals surface area contributed by atoms with E-state index in [9.17, 15) is 18.3 Å². The Balaban J connectivity index is 1.58. The molecule has 3 fully saturated rings. The third kappa shape index (κ3) is 3.77. The van der Waals surface area contributed by atoms with Crippen molar-refractivity contribution in [1.29, 1.82) is 0 Å². The smallest absolute Gasteiger partial charge is 0.161 e. The van der Waals surface area contributed by atoms with Crippen LogP contribution in [-0.4, -0.2) is 40.8 Å². The molecule has 5 unspecified atom stereocenters. The van der Waals surface area contributed by atoms with Crippen molar-refractivity contribution in [2.45, 2.75) is 31.5 Å². The van der Waals surface area contributed by atoms with Crippen molar-refractivity contribution in [3.8, 4) is 5.75 Å². The minimum absolute atomic E-state index is 0.125. The summed E-state index contributed by atoms with van der Waals surface area (Å²) in [5.41, 5.74) is 1.61. The van der Waals surface area contributed by atoms with E-state index >= 15 is 0 Å². The van der Waals surface area contributed by atoms with Gasteiger partial charge in [0.05, 0.1) is 25.7 Å². The van der Waals surface area contributed by atoms with Gasteiger partial charge < -0.3 is 14.3 Å². The standard InChI is InChI=1S/C27H28F3N2O2/c1-3-16-14-32(15-18-10-23(29)24(30)13-22(18)28)9-7-17(16)11-26(32)27(33)20-6-8-31-25-5-4-19(34-2)12-21(20)25/h3-6,8,10,12-13,16-17,26-27,33H,1,7,9,11,14-15H2,2H3/q+1. The lowest BCUT2D eigenvalue weighted by atomic mass is 9.71. The molecule has 4 heterocycles. The first-order valence-electron chi connectivity index (χ1n) is 11.6. The van der Waals surface area contributed by atoms with Crippen LogP contribution in [-0.2, 0) is 6.54 Å². The Bertz CT molecular complexity index is 1250. The highest BCUT2D eigenvalue weighted by molar-refractivity contribution is 5.83. The predicted octanol–water partition coefficient (Wildman–Crippen LogP) is 5.31. The van der Waals surface area contributed by atoms with E-state index in [4.69, 9.17) is 4.74 Å². The Hall–Kier alpha value is -2.90. The molecule has 0 saturated carbocycles. The van der Waals surface area contributed by atoms with Gasteiger partial charge in [-0.15, -0.1) is 6.58 Å². The van der Waals surface area contributed by atoms with E-state index in [1.54, 1.807) is 13.3 Å². The second-order valence-electron chi connectivity index (χ2n) is 9.62. The Kier molecular flexibility index (Phi) is 5.86. The fourth-order valence-corrected chi connectivity index (χ4v) is 6.14. The third-order valence-corrected chi connectivity index (χ3v) is 7.92. The molecular formula is C27H28F3N2O2+. The van der Waals surface area contributed by atoms with Crippen LogP contribution in [0.5, 0.6) is 5.75 Å². The number of aliphatic hydroxyl groups is 1. The number of aromatic nitrogens is 1. The zero-order chi connectivity index (χ0) is 24.0. The number of benzene rings is 2. The molecule has 6 rings (SSSR count). The molecule has 34 heavy (non-hydrogen) atoms. The van der Waals surface area contributed by atoms with Gasteiger partial charge in [0.25, 0.3) is 0 Å². The quantitative estimate of drug-likeness (QED) is 0.302. The molecule has 7 heteroatoms. The Morgan fingerprint density at radius 3 is 2.74 bits per heavy atom. The van der Waals surface area contributed by atoms with Gasteiger partial charge in [-0.05, 0) is 41.8 Å². The summed E-state index contributed by atoms with van der Waals surface area (Å²) >= 11 is 0. The van der Waals surface area contributed by atoms with Crippen molar-refractivity contribution >= 4 is 10.9 Å². The van der Waals surface area contributed by atoms with Gasteiger partial charge in [0.2, 0.25) is 0 Å². The van der Waals surface area contributed by atoms with Gasteiger partial charge in [0.1, 0.15) is 30.3 Å². The molecule has 3 aromatic rings. The van der Waals surface area contributed by atoms with Crippen molar-refractivity contribution in [3.63, 3.8) is 0 Å². The molecule has 0 amide bonds. The normalized spacial score (nSPS) is 27.0. The fraction of sp³-hybridized carbons (Fsp3) is 0.370. The Morgan fingerprint density at radius 1 is 1.18 bits per heavy atom. The number of piperidine rings is 3. The van der Waals surface area contributed by atoms with E-state index in [0.717, 1.165) is 41.9 Å². The van der Waals surface area contributed by atoms with Gasteiger partial charge in [0, 0.05) is 42.0 Å². The highest BCUT2D eigenvalue weighted by Gasteiger charge is 2.54. The number of hydrogen-bond donors (Lipinski definition) is 1. The largest absolute Gasteiger partial charge is 0.497 e. The van der Waals surface area contributed by atoms with Crippen molar-refractivity contribution < 1.29 is 27.5 Å². The minimum atomic E-state index is -1.20. The number of rotatable bonds is 6. The molecule has 4 nitrogen and oxygen atoms in total. The van der Waals surface area contributed by atoms with Crippen LogP contribution >= 0.6 is 0 Å². The average Bonchev–Trinajstić information content (AvgIpc) is 2.86. The molecule has 3 aliphatic heterocycles. The van der Waals surface area contributed by atoms with Gasteiger partial charge >= 0.3 is 0 Å². The molecule has 178 valence electrons. The monoisotopic (exact) mass is 469 g/mol. The lowest BCUT2D eigenvalue weighted by Crippen LogP contribution is -2.67. The van der Waals surface area contributed by atoms with E-state index in [2.05, 4.69) is 11.6 Å². The zero-order valence-electron chi connectivity index (χ0n) is 19.1. The van der Waals surface area contributed by atoms with E-state index in [-0.39, 0.29) is 24.1 Å². The maximum absolute atomic E-state index is 14.7. The number of hydrogen-bond acceptors (Lipinski definition) is 3. The van der Waals surface area contributed by atoms with Crippen LogP contribution in [0.15, 0.2) is 55.3 Å². The number of methoxy groups -OCH3 is 1. The van der Waals surface area contributed by atoms with Gasteiger partial charge in [0.15, 0.2) is 11.6 Å². The summed E-state index contributed by atoms with van der Waals surface area (Å²) in [7, 11) is 1.59. The molecular weight excluding hydrogens is 441 g/mol. The number of halogens is 3. The number of aliphatic hydroxyl groups excluding tert-OH is 1. The van der Waals surface area contributed by atoms with E-state index in [0.29, 0.717) is 28.8 Å². The van der Waals surface area contributed by atoms with Gasteiger partial charge in [-0.1, -0.05) is 6.08 Å². The van der Waals surface area contributed by atoms with Crippen LogP contribution in [0, 0.1) is 29.3 Å². The van der Waals surface area contributed by atoms with Crippen LogP contribution in [0.1, 0.15) is 30.1 Å². The summed E-state index contributed by atoms with van der Waals surface area (Å²) in [6, 6.07) is 8.69. The van der Waals surface area contributed by atoms with Crippen molar-refractivity contribution in [3.05, 3.63) is 83.8 Å². The van der Waals surface area contributed by atoms with Crippen LogP contribution in [0.4, 0.5) is 13.2 Å². The number of fused-ring (bicyclic) bond motifs is 4. The number of nitrogens with zero attached hydrogens (tertiary/aromatic N) is 2. The molecule has 3 saturated heterocycles. The average molecular weight is 470 g/mol. The highest BCUT2D eigenvalue weighted by atomic mass is 19.2. The summed E-state index contributed by atoms with van der Waals surface area (Å²) in [4.78, 5) is 4.42. The summed E-state index contributed by atoms with van der Waals surface area (Å²) in [6.07, 6.45) is 4.41. The molecule has 2 bridgehead atoms. The molecule has 2 aromatic carbocycles. The van der Waals surface area contributed by atoms with Gasteiger partial charge in [-0.3, -0.25) is 4.98 Å². The molecule has 5 atom stereocenters. The lowest BCUT2D eigenvalue weighted by Gasteiger charge is -2.58. The molecule has 1 N–H and O–H groups in total. The SMILES string of the molecule is C=CC1C[N+]2(Cc3cc(F)c(F)cc3F)CCC1CC2C(O)c1ccnc2ccc(OC)cc12. The lowest BCUT2D eigenvalue weighted by molar-refractivity contribution is -0.985. The van der Waals surface area contributed by atoms with Crippen LogP contribution in [0.2, 0.25) is 0 Å². The molecule has 0 spiro atoms. The molecule has 0 radical (unpaired) electrons. The molecule has 0 aliphatic carbocycles. The summed E-state index contributed by atoms with van der Waals surface area (Å²) in [5, 5.41) is 12.6. The van der Waals surface area contributed by atoms with Crippen LogP contribution < -0.4 is 4.74 Å². The van der Waals surface area contributed by atoms with Crippen molar-refractivity contribution in [1.82, 2.24) is 4.98 Å². The highest BCUT2D eigenvalue weighted by Crippen LogP contribution is 2.48. The number of pyridine rings is 1. The summed E-state index contributed by atoms with van der Waals surface area (Å²) in [5.74, 6) is -1.77. The predicted molar refractivity (Wildman–Crippen MR) is 123 cm³/mol. The number of quaternary nitrogens is 1. The molecule has 1 aromatic heterocycles. The Morgan fingerprint density at radius 2 is 1.97 bits per heavy atom. The first kappa shape index (κ1) is 22.9. The third-order valence-electron chi connectivity index (χ3n) is 7.92. The maximum Gasteiger partial charge on any atom is 0.161 e. The molecule has 3 aliphatic rings. The van der Waals surface area contributed by atoms with Crippen LogP contribution in [0.25, 0.3) is 10.9 Å². The van der Waals surface area contributed by atoms with Crippen LogP contribution in [0.3, 0.4) is 0 Å². The Labute approximate surface area is 196 Å².